The third kappa shape index (κ3) is 3.28. The van der Waals surface area contributed by atoms with E-state index in [9.17, 15) is 9.18 Å². The maximum Gasteiger partial charge on any atom is 0.277 e. The Balaban J connectivity index is 1.86. The number of aryl methyl sites for hydroxylation is 2. The van der Waals surface area contributed by atoms with Crippen LogP contribution in [0.15, 0.2) is 42.6 Å². The molecule has 0 atom stereocenters. The van der Waals surface area contributed by atoms with E-state index >= 15 is 0 Å². The number of benzene rings is 2. The molecule has 0 aliphatic carbocycles. The summed E-state index contributed by atoms with van der Waals surface area (Å²) in [6.45, 7) is 3.69. The van der Waals surface area contributed by atoms with Crippen molar-refractivity contribution in [1.29, 1.82) is 0 Å². The molecule has 1 heterocycles. The fourth-order valence-corrected chi connectivity index (χ4v) is 2.37. The summed E-state index contributed by atoms with van der Waals surface area (Å²) in [5.74, 6) is -0.886. The van der Waals surface area contributed by atoms with Crippen LogP contribution in [0.1, 0.15) is 21.6 Å². The van der Waals surface area contributed by atoms with Crippen molar-refractivity contribution in [3.05, 3.63) is 70.3 Å². The predicted molar refractivity (Wildman–Crippen MR) is 90.2 cm³/mol. The van der Waals surface area contributed by atoms with Gasteiger partial charge in [0, 0.05) is 10.7 Å². The minimum Gasteiger partial charge on any atom is -0.320 e. The highest BCUT2D eigenvalue weighted by atomic mass is 35.5. The fraction of sp³-hybridized carbons (Fsp3) is 0.118. The van der Waals surface area contributed by atoms with E-state index in [0.717, 1.165) is 11.1 Å². The number of hydrogen-bond acceptors (Lipinski definition) is 3. The van der Waals surface area contributed by atoms with Crippen molar-refractivity contribution in [3.8, 4) is 5.69 Å². The molecule has 3 aromatic rings. The molecule has 24 heavy (non-hydrogen) atoms. The number of nitrogens with zero attached hydrogens (tertiary/aromatic N) is 3. The molecule has 0 fully saturated rings. The van der Waals surface area contributed by atoms with Crippen molar-refractivity contribution in [2.45, 2.75) is 13.8 Å². The van der Waals surface area contributed by atoms with E-state index < -0.39 is 11.7 Å². The molecule has 0 saturated carbocycles. The summed E-state index contributed by atoms with van der Waals surface area (Å²) in [4.78, 5) is 12.3. The topological polar surface area (TPSA) is 59.8 Å². The zero-order chi connectivity index (χ0) is 17.3. The SMILES string of the molecule is Cc1ccc(F)c(-n2cc(C(=O)Nc3cc(Cl)ccc3C)nn2)c1. The lowest BCUT2D eigenvalue weighted by molar-refractivity contribution is 0.102. The second-order valence-corrected chi connectivity index (χ2v) is 5.85. The van der Waals surface area contributed by atoms with Gasteiger partial charge in [0.25, 0.3) is 5.91 Å². The monoisotopic (exact) mass is 344 g/mol. The maximum absolute atomic E-state index is 13.9. The predicted octanol–water partition coefficient (Wildman–Crippen LogP) is 3.93. The van der Waals surface area contributed by atoms with E-state index in [4.69, 9.17) is 11.6 Å². The lowest BCUT2D eigenvalue weighted by atomic mass is 10.2. The van der Waals surface area contributed by atoms with Gasteiger partial charge in [-0.15, -0.1) is 5.10 Å². The molecule has 122 valence electrons. The van der Waals surface area contributed by atoms with E-state index in [2.05, 4.69) is 15.6 Å². The highest BCUT2D eigenvalue weighted by Crippen LogP contribution is 2.21. The lowest BCUT2D eigenvalue weighted by Crippen LogP contribution is -2.13. The molecule has 0 aliphatic heterocycles. The Kier molecular flexibility index (Phi) is 4.31. The van der Waals surface area contributed by atoms with Crippen LogP contribution in [-0.2, 0) is 0 Å². The van der Waals surface area contributed by atoms with E-state index in [0.29, 0.717) is 10.7 Å². The first-order valence-electron chi connectivity index (χ1n) is 7.20. The molecule has 0 aliphatic rings. The molecular weight excluding hydrogens is 331 g/mol. The highest BCUT2D eigenvalue weighted by Gasteiger charge is 2.14. The van der Waals surface area contributed by atoms with Crippen LogP contribution < -0.4 is 5.32 Å². The minimum absolute atomic E-state index is 0.0790. The van der Waals surface area contributed by atoms with Crippen molar-refractivity contribution in [2.75, 3.05) is 5.32 Å². The normalized spacial score (nSPS) is 10.7. The van der Waals surface area contributed by atoms with Gasteiger partial charge in [0.2, 0.25) is 0 Å². The van der Waals surface area contributed by atoms with Gasteiger partial charge in [-0.3, -0.25) is 4.79 Å². The van der Waals surface area contributed by atoms with Crippen LogP contribution in [0.2, 0.25) is 5.02 Å². The van der Waals surface area contributed by atoms with Crippen LogP contribution in [0, 0.1) is 19.7 Å². The van der Waals surface area contributed by atoms with Crippen LogP contribution in [0.3, 0.4) is 0 Å². The van der Waals surface area contributed by atoms with Crippen molar-refractivity contribution < 1.29 is 9.18 Å². The van der Waals surface area contributed by atoms with Gasteiger partial charge >= 0.3 is 0 Å². The van der Waals surface area contributed by atoms with Gasteiger partial charge in [-0.2, -0.15) is 0 Å². The Morgan fingerprint density at radius 3 is 2.79 bits per heavy atom. The zero-order valence-electron chi connectivity index (χ0n) is 13.0. The first-order valence-corrected chi connectivity index (χ1v) is 7.58. The number of carbonyl (C=O) groups is 1. The first kappa shape index (κ1) is 16.1. The number of amides is 1. The van der Waals surface area contributed by atoms with Crippen LogP contribution in [0.4, 0.5) is 10.1 Å². The van der Waals surface area contributed by atoms with Gasteiger partial charge in [0.1, 0.15) is 11.5 Å². The molecule has 7 heteroatoms. The summed E-state index contributed by atoms with van der Waals surface area (Å²) in [5.41, 5.74) is 2.65. The van der Waals surface area contributed by atoms with Crippen molar-refractivity contribution in [3.63, 3.8) is 0 Å². The minimum atomic E-state index is -0.445. The highest BCUT2D eigenvalue weighted by molar-refractivity contribution is 6.31. The zero-order valence-corrected chi connectivity index (χ0v) is 13.8. The molecule has 2 aromatic carbocycles. The van der Waals surface area contributed by atoms with Gasteiger partial charge in [-0.1, -0.05) is 28.9 Å². The Hall–Kier alpha value is -2.73. The Morgan fingerprint density at radius 1 is 1.21 bits per heavy atom. The molecule has 1 amide bonds. The maximum atomic E-state index is 13.9. The third-order valence-electron chi connectivity index (χ3n) is 3.52. The molecule has 0 spiro atoms. The molecule has 1 aromatic heterocycles. The summed E-state index contributed by atoms with van der Waals surface area (Å²) in [7, 11) is 0. The lowest BCUT2D eigenvalue weighted by Gasteiger charge is -2.07. The largest absolute Gasteiger partial charge is 0.320 e. The number of rotatable bonds is 3. The Morgan fingerprint density at radius 2 is 2.00 bits per heavy atom. The molecular formula is C17H14ClFN4O. The second-order valence-electron chi connectivity index (χ2n) is 5.42. The van der Waals surface area contributed by atoms with E-state index in [1.807, 2.05) is 13.8 Å². The summed E-state index contributed by atoms with van der Waals surface area (Å²) in [5, 5.41) is 10.9. The summed E-state index contributed by atoms with van der Waals surface area (Å²) < 4.78 is 15.1. The number of carbonyl (C=O) groups excluding carboxylic acids is 1. The quantitative estimate of drug-likeness (QED) is 0.783. The number of halogens is 2. The molecule has 5 nitrogen and oxygen atoms in total. The summed E-state index contributed by atoms with van der Waals surface area (Å²) >= 11 is 5.94. The smallest absolute Gasteiger partial charge is 0.277 e. The van der Waals surface area contributed by atoms with E-state index in [1.54, 1.807) is 30.3 Å². The molecule has 3 rings (SSSR count). The van der Waals surface area contributed by atoms with Gasteiger partial charge in [-0.05, 0) is 49.2 Å². The van der Waals surface area contributed by atoms with Crippen molar-refractivity contribution >= 4 is 23.2 Å². The summed E-state index contributed by atoms with van der Waals surface area (Å²) in [6.07, 6.45) is 1.38. The van der Waals surface area contributed by atoms with Crippen molar-refractivity contribution in [2.24, 2.45) is 0 Å². The molecule has 0 unspecified atom stereocenters. The third-order valence-corrected chi connectivity index (χ3v) is 3.76. The second kappa shape index (κ2) is 6.41. The van der Waals surface area contributed by atoms with Gasteiger partial charge in [0.05, 0.1) is 6.20 Å². The molecule has 0 radical (unpaired) electrons. The standard InChI is InChI=1S/C17H14ClFN4O/c1-10-3-6-13(19)16(7-10)23-9-15(21-22-23)17(24)20-14-8-12(18)5-4-11(14)2/h3-9H,1-2H3,(H,20,24). The Labute approximate surface area is 143 Å². The van der Waals surface area contributed by atoms with Gasteiger partial charge in [-0.25, -0.2) is 9.07 Å². The van der Waals surface area contributed by atoms with E-state index in [-0.39, 0.29) is 11.4 Å². The summed E-state index contributed by atoms with van der Waals surface area (Å²) in [6, 6.07) is 9.83. The average molecular weight is 345 g/mol. The average Bonchev–Trinajstić information content (AvgIpc) is 3.03. The van der Waals surface area contributed by atoms with Gasteiger partial charge < -0.3 is 5.32 Å². The number of hydrogen-bond donors (Lipinski definition) is 1. The first-order chi connectivity index (χ1) is 11.4. The fourth-order valence-electron chi connectivity index (χ4n) is 2.20. The molecule has 0 saturated heterocycles. The van der Waals surface area contributed by atoms with E-state index in [1.165, 1.54) is 16.9 Å². The molecule has 0 bridgehead atoms. The van der Waals surface area contributed by atoms with Crippen LogP contribution in [-0.4, -0.2) is 20.9 Å². The number of nitrogens with one attached hydrogen (secondary N) is 1. The van der Waals surface area contributed by atoms with Crippen molar-refractivity contribution in [1.82, 2.24) is 15.0 Å². The van der Waals surface area contributed by atoms with Crippen LogP contribution in [0.25, 0.3) is 5.69 Å². The van der Waals surface area contributed by atoms with Gasteiger partial charge in [0.15, 0.2) is 5.69 Å². The van der Waals surface area contributed by atoms with Crippen LogP contribution >= 0.6 is 11.6 Å². The van der Waals surface area contributed by atoms with Crippen LogP contribution in [0.5, 0.6) is 0 Å². The number of anilines is 1. The molecule has 1 N–H and O–H groups in total. The Bertz CT molecular complexity index is 923. The number of aromatic nitrogens is 3.